The fraction of sp³-hybridized carbons (Fsp3) is 0.474. The molecule has 3 aromatic rings. The van der Waals surface area contributed by atoms with Crippen molar-refractivity contribution in [3.63, 3.8) is 0 Å². The number of alkyl halides is 1. The second-order valence-electron chi connectivity index (χ2n) is 14.0. The molecule has 276 valence electrons. The van der Waals surface area contributed by atoms with Crippen LogP contribution in [-0.2, 0) is 35.3 Å². The van der Waals surface area contributed by atoms with E-state index in [2.05, 4.69) is 44.7 Å². The first-order chi connectivity index (χ1) is 25.1. The lowest BCUT2D eigenvalue weighted by molar-refractivity contribution is -0.153. The van der Waals surface area contributed by atoms with Gasteiger partial charge < -0.3 is 29.7 Å². The van der Waals surface area contributed by atoms with Gasteiger partial charge in [-0.1, -0.05) is 89.6 Å². The zero-order chi connectivity index (χ0) is 37.2. The number of carbonyl (C=O) groups is 4. The standard InChI is InChI=1S/C38H45BrN6O7/c1-5-7-17-30(47)51-21-27(24-13-9-8-10-14-24)40-35(48)31-32-36(49)45(29(20-46)23(3)4)34(38(32)19-25(39)33(31)52-38)37(50)43(18-6-2)22-44-28-16-12-11-15-26(28)41-42-44/h5-6,8-16,23,25,27,29,31-34,46H,1-2,7,17-22H2,3-4H3,(H,40,48)/t25?,27-,29+,31+,32-,33+,34+,38-/m1/s1. The Morgan fingerprint density at radius 1 is 1.15 bits per heavy atom. The summed E-state index contributed by atoms with van der Waals surface area (Å²) >= 11 is 3.74. The average Bonchev–Trinajstić information content (AvgIpc) is 3.86. The molecule has 6 rings (SSSR count). The van der Waals surface area contributed by atoms with Crippen LogP contribution in [0.5, 0.6) is 0 Å². The topological polar surface area (TPSA) is 156 Å². The van der Waals surface area contributed by atoms with Crippen molar-refractivity contribution in [2.75, 3.05) is 19.8 Å². The molecular weight excluding hydrogens is 732 g/mol. The fourth-order valence-corrected chi connectivity index (χ4v) is 8.94. The number of fused-ring (bicyclic) bond motifs is 2. The maximum atomic E-state index is 15.0. The SMILES string of the molecule is C=CCCC(=O)OC[C@@H](NC(=O)[C@@H]1[C@H]2O[C@@]3(CC2Br)[C@H](C(=O)N(CC=C)Cn2nnc4ccccc42)N([C@@H](CO)C(C)C)C(=O)[C@@H]13)c1ccccc1. The summed E-state index contributed by atoms with van der Waals surface area (Å²) in [5, 5.41) is 22.2. The number of aromatic nitrogens is 3. The van der Waals surface area contributed by atoms with E-state index < -0.39 is 72.0 Å². The molecule has 1 aromatic heterocycles. The van der Waals surface area contributed by atoms with E-state index in [-0.39, 0.29) is 43.4 Å². The van der Waals surface area contributed by atoms with E-state index in [9.17, 15) is 24.3 Å². The van der Waals surface area contributed by atoms with Gasteiger partial charge in [0.15, 0.2) is 0 Å². The van der Waals surface area contributed by atoms with Crippen molar-refractivity contribution in [3.05, 3.63) is 85.5 Å². The highest BCUT2D eigenvalue weighted by Crippen LogP contribution is 2.60. The van der Waals surface area contributed by atoms with Gasteiger partial charge in [0, 0.05) is 17.8 Å². The Balaban J connectivity index is 1.35. The van der Waals surface area contributed by atoms with Crippen LogP contribution in [0.4, 0.5) is 0 Å². The van der Waals surface area contributed by atoms with Gasteiger partial charge in [0.2, 0.25) is 17.7 Å². The number of aliphatic hydroxyl groups excluding tert-OH is 1. The molecule has 0 aliphatic carbocycles. The molecule has 3 fully saturated rings. The number of nitrogens with one attached hydrogen (secondary N) is 1. The lowest BCUT2D eigenvalue weighted by atomic mass is 9.70. The van der Waals surface area contributed by atoms with Gasteiger partial charge in [0.25, 0.3) is 0 Å². The van der Waals surface area contributed by atoms with Gasteiger partial charge in [-0.15, -0.1) is 18.3 Å². The third kappa shape index (κ3) is 6.79. The summed E-state index contributed by atoms with van der Waals surface area (Å²) in [4.78, 5) is 59.4. The summed E-state index contributed by atoms with van der Waals surface area (Å²) in [6, 6.07) is 14.0. The molecule has 0 saturated carbocycles. The molecule has 3 saturated heterocycles. The number of carbonyl (C=O) groups excluding carboxylic acids is 4. The van der Waals surface area contributed by atoms with Crippen LogP contribution in [0.3, 0.4) is 0 Å². The summed E-state index contributed by atoms with van der Waals surface area (Å²) in [6.45, 7) is 10.9. The van der Waals surface area contributed by atoms with Crippen molar-refractivity contribution in [2.45, 2.75) is 74.4 Å². The molecule has 2 aromatic carbocycles. The molecule has 8 atom stereocenters. The number of aliphatic hydroxyl groups is 1. The van der Waals surface area contributed by atoms with E-state index in [1.54, 1.807) is 21.7 Å². The molecule has 0 radical (unpaired) electrons. The van der Waals surface area contributed by atoms with Crippen LogP contribution in [0.25, 0.3) is 11.0 Å². The molecule has 3 amide bonds. The van der Waals surface area contributed by atoms with E-state index in [0.29, 0.717) is 11.9 Å². The number of allylic oxidation sites excluding steroid dienone is 1. The highest BCUT2D eigenvalue weighted by molar-refractivity contribution is 9.09. The number of nitrogens with zero attached hydrogens (tertiary/aromatic N) is 5. The predicted molar refractivity (Wildman–Crippen MR) is 195 cm³/mol. The van der Waals surface area contributed by atoms with Gasteiger partial charge in [-0.2, -0.15) is 0 Å². The van der Waals surface area contributed by atoms with E-state index in [1.165, 1.54) is 4.90 Å². The summed E-state index contributed by atoms with van der Waals surface area (Å²) in [5.41, 5.74) is 0.735. The van der Waals surface area contributed by atoms with E-state index in [1.807, 2.05) is 68.4 Å². The van der Waals surface area contributed by atoms with Crippen molar-refractivity contribution in [2.24, 2.45) is 17.8 Å². The lowest BCUT2D eigenvalue weighted by Gasteiger charge is -2.40. The Morgan fingerprint density at radius 3 is 2.58 bits per heavy atom. The zero-order valence-electron chi connectivity index (χ0n) is 29.3. The van der Waals surface area contributed by atoms with Crippen LogP contribution in [0.15, 0.2) is 79.9 Å². The van der Waals surface area contributed by atoms with E-state index >= 15 is 0 Å². The number of amides is 3. The van der Waals surface area contributed by atoms with Gasteiger partial charge >= 0.3 is 5.97 Å². The molecule has 3 aliphatic heterocycles. The molecule has 2 bridgehead atoms. The summed E-state index contributed by atoms with van der Waals surface area (Å²) in [7, 11) is 0. The van der Waals surface area contributed by atoms with Crippen LogP contribution < -0.4 is 5.32 Å². The minimum absolute atomic E-state index is 0.0193. The third-order valence-electron chi connectivity index (χ3n) is 10.4. The summed E-state index contributed by atoms with van der Waals surface area (Å²) < 4.78 is 13.9. The highest BCUT2D eigenvalue weighted by Gasteiger charge is 2.77. The maximum Gasteiger partial charge on any atom is 0.306 e. The number of rotatable bonds is 16. The first-order valence-electron chi connectivity index (χ1n) is 17.6. The average molecular weight is 778 g/mol. The molecule has 13 nitrogen and oxygen atoms in total. The Labute approximate surface area is 311 Å². The number of benzene rings is 2. The van der Waals surface area contributed by atoms with Gasteiger partial charge in [-0.3, -0.25) is 19.2 Å². The number of likely N-dealkylation sites (tertiary alicyclic amines) is 1. The van der Waals surface area contributed by atoms with Crippen molar-refractivity contribution >= 4 is 50.7 Å². The van der Waals surface area contributed by atoms with Crippen molar-refractivity contribution in [1.29, 1.82) is 0 Å². The van der Waals surface area contributed by atoms with Crippen molar-refractivity contribution in [3.8, 4) is 0 Å². The zero-order valence-corrected chi connectivity index (χ0v) is 30.9. The first-order valence-corrected chi connectivity index (χ1v) is 18.5. The summed E-state index contributed by atoms with van der Waals surface area (Å²) in [6.07, 6.45) is 3.42. The Kier molecular flexibility index (Phi) is 11.3. The van der Waals surface area contributed by atoms with Gasteiger partial charge in [0.05, 0.1) is 42.1 Å². The monoisotopic (exact) mass is 776 g/mol. The number of esters is 1. The number of ether oxygens (including phenoxy) is 2. The van der Waals surface area contributed by atoms with Gasteiger partial charge in [0.1, 0.15) is 30.4 Å². The van der Waals surface area contributed by atoms with E-state index in [4.69, 9.17) is 9.47 Å². The van der Waals surface area contributed by atoms with Crippen LogP contribution >= 0.6 is 15.9 Å². The van der Waals surface area contributed by atoms with Gasteiger partial charge in [-0.25, -0.2) is 4.68 Å². The third-order valence-corrected chi connectivity index (χ3v) is 11.3. The molecule has 14 heteroatoms. The van der Waals surface area contributed by atoms with Crippen molar-refractivity contribution in [1.82, 2.24) is 30.1 Å². The fourth-order valence-electron chi connectivity index (χ4n) is 8.00. The van der Waals surface area contributed by atoms with Crippen LogP contribution in [-0.4, -0.2) is 102 Å². The molecule has 1 unspecified atom stereocenters. The normalized spacial score (nSPS) is 25.9. The molecule has 2 N–H and O–H groups in total. The quantitative estimate of drug-likeness (QED) is 0.126. The Hall–Kier alpha value is -4.40. The molecular formula is C38H45BrN6O7. The number of halogens is 1. The van der Waals surface area contributed by atoms with Crippen LogP contribution in [0.1, 0.15) is 44.7 Å². The lowest BCUT2D eigenvalue weighted by Crippen LogP contribution is -2.60. The number of para-hydroxylation sites is 1. The van der Waals surface area contributed by atoms with Gasteiger partial charge in [-0.05, 0) is 36.5 Å². The minimum atomic E-state index is -1.37. The highest BCUT2D eigenvalue weighted by atomic mass is 79.9. The smallest absolute Gasteiger partial charge is 0.306 e. The Bertz CT molecular complexity index is 1820. The predicted octanol–water partition coefficient (Wildman–Crippen LogP) is 3.54. The molecule has 3 aliphatic rings. The molecule has 4 heterocycles. The Morgan fingerprint density at radius 2 is 1.88 bits per heavy atom. The number of hydrogen-bond donors (Lipinski definition) is 2. The summed E-state index contributed by atoms with van der Waals surface area (Å²) in [5.74, 6) is -3.94. The maximum absolute atomic E-state index is 15.0. The van der Waals surface area contributed by atoms with Crippen LogP contribution in [0.2, 0.25) is 0 Å². The molecule has 1 spiro atoms. The van der Waals surface area contributed by atoms with Crippen molar-refractivity contribution < 1.29 is 33.8 Å². The van der Waals surface area contributed by atoms with E-state index in [0.717, 1.165) is 11.1 Å². The first kappa shape index (κ1) is 37.4. The molecule has 52 heavy (non-hydrogen) atoms. The minimum Gasteiger partial charge on any atom is -0.463 e. The number of hydrogen-bond acceptors (Lipinski definition) is 9. The van der Waals surface area contributed by atoms with Crippen LogP contribution in [0, 0.1) is 17.8 Å². The second-order valence-corrected chi connectivity index (χ2v) is 15.1. The largest absolute Gasteiger partial charge is 0.463 e. The second kappa shape index (κ2) is 15.7.